The average molecular weight is 888 g/mol. The van der Waals surface area contributed by atoms with Crippen LogP contribution < -0.4 is 18.5 Å². The molecule has 62 heavy (non-hydrogen) atoms. The molecule has 1 unspecified atom stereocenters. The van der Waals surface area contributed by atoms with Crippen LogP contribution in [0.5, 0.6) is 23.1 Å². The molecule has 4 rings (SSSR count). The molecular weight excluding hydrogens is 843 g/mol. The standard InChI is InChI=1S/C38H45N7O16S/c1-26(60-37(47)57-21-8-9-22-58-44(48)49)43(62(52,53)28-17-15-27(16-18-28)38(2,3)4)35-32(61-30-13-7-6-12-29(30)54-5)36(42-34(41-35)33-39-19-11-20-40-33)56-25-24-55-31(46)14-10-23-59-45(50)51/h6-7,11-13,15-20,26H,8-10,14,21-25H2,1-5H3. The summed E-state index contributed by atoms with van der Waals surface area (Å²) in [4.78, 5) is 72.0. The van der Waals surface area contributed by atoms with Crippen molar-refractivity contribution in [2.45, 2.75) is 69.9 Å². The molecule has 2 heterocycles. The zero-order valence-electron chi connectivity index (χ0n) is 34.4. The molecule has 0 spiro atoms. The molecule has 4 aromatic rings. The van der Waals surface area contributed by atoms with Crippen LogP contribution in [0.2, 0.25) is 0 Å². The number of anilines is 1. The van der Waals surface area contributed by atoms with Gasteiger partial charge in [-0.3, -0.25) is 4.79 Å². The first-order chi connectivity index (χ1) is 29.5. The van der Waals surface area contributed by atoms with E-state index in [1.165, 1.54) is 50.7 Å². The van der Waals surface area contributed by atoms with Gasteiger partial charge in [-0.25, -0.2) is 32.5 Å². The summed E-state index contributed by atoms with van der Waals surface area (Å²) in [6.45, 7) is 5.50. The Morgan fingerprint density at radius 1 is 0.790 bits per heavy atom. The van der Waals surface area contributed by atoms with Crippen LogP contribution in [0.4, 0.5) is 10.6 Å². The van der Waals surface area contributed by atoms with Gasteiger partial charge < -0.3 is 38.1 Å². The number of unbranched alkanes of at least 4 members (excludes halogenated alkanes) is 1. The molecule has 0 bridgehead atoms. The molecule has 0 aliphatic carbocycles. The molecule has 2 aromatic carbocycles. The molecule has 0 aliphatic heterocycles. The van der Waals surface area contributed by atoms with Crippen LogP contribution in [0.1, 0.15) is 58.9 Å². The van der Waals surface area contributed by atoms with E-state index in [0.717, 1.165) is 5.56 Å². The molecule has 0 saturated carbocycles. The maximum Gasteiger partial charge on any atom is 0.510 e. The van der Waals surface area contributed by atoms with Crippen LogP contribution in [0, 0.1) is 20.2 Å². The van der Waals surface area contributed by atoms with Crippen LogP contribution in [0.15, 0.2) is 71.9 Å². The number of rotatable bonds is 24. The summed E-state index contributed by atoms with van der Waals surface area (Å²) in [6, 6.07) is 13.9. The van der Waals surface area contributed by atoms with E-state index in [9.17, 15) is 38.2 Å². The normalized spacial score (nSPS) is 11.7. The van der Waals surface area contributed by atoms with E-state index in [2.05, 4.69) is 29.6 Å². The van der Waals surface area contributed by atoms with Crippen molar-refractivity contribution < 1.29 is 66.3 Å². The van der Waals surface area contributed by atoms with E-state index in [1.54, 1.807) is 30.3 Å². The molecule has 0 amide bonds. The van der Waals surface area contributed by atoms with E-state index < -0.39 is 62.6 Å². The highest BCUT2D eigenvalue weighted by Crippen LogP contribution is 2.44. The Morgan fingerprint density at radius 2 is 1.42 bits per heavy atom. The second-order valence-electron chi connectivity index (χ2n) is 13.7. The minimum absolute atomic E-state index is 0.00319. The minimum Gasteiger partial charge on any atom is -0.493 e. The van der Waals surface area contributed by atoms with Gasteiger partial charge in [-0.2, -0.15) is 4.98 Å². The van der Waals surface area contributed by atoms with Crippen LogP contribution in [0.25, 0.3) is 11.6 Å². The van der Waals surface area contributed by atoms with Gasteiger partial charge in [0.2, 0.25) is 11.6 Å². The monoisotopic (exact) mass is 887 g/mol. The average Bonchev–Trinajstić information content (AvgIpc) is 3.23. The highest BCUT2D eigenvalue weighted by atomic mass is 32.2. The zero-order valence-corrected chi connectivity index (χ0v) is 35.2. The first kappa shape index (κ1) is 47.6. The van der Waals surface area contributed by atoms with Crippen molar-refractivity contribution in [1.29, 1.82) is 0 Å². The fourth-order valence-corrected chi connectivity index (χ4v) is 6.74. The first-order valence-corrected chi connectivity index (χ1v) is 20.3. The van der Waals surface area contributed by atoms with Gasteiger partial charge in [0.05, 0.1) is 31.8 Å². The van der Waals surface area contributed by atoms with Gasteiger partial charge >= 0.3 is 12.1 Å². The summed E-state index contributed by atoms with van der Waals surface area (Å²) in [5.41, 5.74) is 0.461. The maximum atomic E-state index is 15.0. The van der Waals surface area contributed by atoms with Crippen molar-refractivity contribution in [3.63, 3.8) is 0 Å². The molecule has 0 radical (unpaired) electrons. The van der Waals surface area contributed by atoms with E-state index in [0.29, 0.717) is 4.31 Å². The lowest BCUT2D eigenvalue weighted by Crippen LogP contribution is -2.42. The van der Waals surface area contributed by atoms with Crippen LogP contribution >= 0.6 is 0 Å². The molecule has 2 aromatic heterocycles. The number of hydrogen-bond acceptors (Lipinski definition) is 20. The summed E-state index contributed by atoms with van der Waals surface area (Å²) >= 11 is 0. The van der Waals surface area contributed by atoms with Crippen LogP contribution in [0.3, 0.4) is 0 Å². The fourth-order valence-electron chi connectivity index (χ4n) is 5.25. The zero-order chi connectivity index (χ0) is 45.3. The third-order valence-electron chi connectivity index (χ3n) is 8.21. The van der Waals surface area contributed by atoms with Crippen molar-refractivity contribution in [3.8, 4) is 34.8 Å². The number of esters is 1. The Hall–Kier alpha value is -7.11. The van der Waals surface area contributed by atoms with Gasteiger partial charge in [0, 0.05) is 18.8 Å². The largest absolute Gasteiger partial charge is 0.510 e. The maximum absolute atomic E-state index is 15.0. The highest BCUT2D eigenvalue weighted by Gasteiger charge is 2.38. The van der Waals surface area contributed by atoms with Crippen LogP contribution in [-0.2, 0) is 44.1 Å². The van der Waals surface area contributed by atoms with Gasteiger partial charge in [-0.05, 0) is 67.5 Å². The van der Waals surface area contributed by atoms with Gasteiger partial charge in [0.25, 0.3) is 26.1 Å². The Morgan fingerprint density at radius 3 is 2.05 bits per heavy atom. The van der Waals surface area contributed by atoms with E-state index >= 15 is 0 Å². The summed E-state index contributed by atoms with van der Waals surface area (Å²) in [7, 11) is -3.43. The minimum atomic E-state index is -4.80. The predicted octanol–water partition coefficient (Wildman–Crippen LogP) is 5.63. The summed E-state index contributed by atoms with van der Waals surface area (Å²) in [5.74, 6) is -2.24. The van der Waals surface area contributed by atoms with Crippen LogP contribution in [-0.4, -0.2) is 97.0 Å². The summed E-state index contributed by atoms with van der Waals surface area (Å²) in [5, 5.41) is 18.9. The van der Waals surface area contributed by atoms with Crippen molar-refractivity contribution in [2.24, 2.45) is 0 Å². The number of ether oxygens (including phenoxy) is 6. The Kier molecular flexibility index (Phi) is 17.2. The number of methoxy groups -OCH3 is 1. The number of nitrogens with zero attached hydrogens (tertiary/aromatic N) is 7. The lowest BCUT2D eigenvalue weighted by atomic mass is 9.87. The number of hydrogen-bond donors (Lipinski definition) is 0. The topological polar surface area (TPSA) is 283 Å². The second-order valence-corrected chi connectivity index (χ2v) is 15.5. The molecule has 0 fully saturated rings. The number of para-hydroxylation sites is 2. The van der Waals surface area contributed by atoms with Crippen molar-refractivity contribution >= 4 is 28.0 Å². The molecule has 0 aliphatic rings. The first-order valence-electron chi connectivity index (χ1n) is 18.8. The molecule has 24 heteroatoms. The Labute approximate surface area is 355 Å². The lowest BCUT2D eigenvalue weighted by molar-refractivity contribution is -0.757. The Balaban J connectivity index is 1.85. The Bertz CT molecular complexity index is 2240. The third-order valence-corrected chi connectivity index (χ3v) is 10.1. The molecule has 23 nitrogen and oxygen atoms in total. The molecule has 334 valence electrons. The van der Waals surface area contributed by atoms with E-state index in [4.69, 9.17) is 28.4 Å². The number of carbonyl (C=O) groups is 2. The van der Waals surface area contributed by atoms with Crippen molar-refractivity contribution in [1.82, 2.24) is 19.9 Å². The summed E-state index contributed by atoms with van der Waals surface area (Å²) < 4.78 is 64.4. The van der Waals surface area contributed by atoms with Crippen molar-refractivity contribution in [3.05, 3.63) is 92.8 Å². The van der Waals surface area contributed by atoms with Gasteiger partial charge in [0.1, 0.15) is 13.2 Å². The number of benzene rings is 2. The fraction of sp³-hybridized carbons (Fsp3) is 0.421. The van der Waals surface area contributed by atoms with E-state index in [1.807, 2.05) is 20.8 Å². The number of aromatic nitrogens is 4. The number of carbonyl (C=O) groups excluding carboxylic acids is 2. The lowest BCUT2D eigenvalue weighted by Gasteiger charge is -2.30. The van der Waals surface area contributed by atoms with Crippen molar-refractivity contribution in [2.75, 3.05) is 44.4 Å². The molecule has 0 saturated heterocycles. The molecular formula is C38H45N7O16S. The number of sulfonamides is 1. The highest BCUT2D eigenvalue weighted by molar-refractivity contribution is 7.92. The quantitative estimate of drug-likeness (QED) is 0.0271. The predicted molar refractivity (Wildman–Crippen MR) is 214 cm³/mol. The molecule has 1 atom stereocenters. The third kappa shape index (κ3) is 14.0. The van der Waals surface area contributed by atoms with Gasteiger partial charge in [-0.1, -0.05) is 45.0 Å². The summed E-state index contributed by atoms with van der Waals surface area (Å²) in [6.07, 6.45) is -0.172. The second kappa shape index (κ2) is 22.5. The smallest absolute Gasteiger partial charge is 0.493 e. The van der Waals surface area contributed by atoms with Gasteiger partial charge in [0.15, 0.2) is 29.4 Å². The molecule has 0 N–H and O–H groups in total. The van der Waals surface area contributed by atoms with E-state index in [-0.39, 0.29) is 85.6 Å². The van der Waals surface area contributed by atoms with Gasteiger partial charge in [-0.15, -0.1) is 20.2 Å². The SMILES string of the molecule is COc1ccccc1Oc1c(OCCOC(=O)CCCO[N+](=O)[O-])nc(-c2ncccn2)nc1N(C(C)OC(=O)OCCCCO[N+](=O)[O-])S(=O)(=O)c1ccc(C(C)(C)C)cc1.